The first-order valence-electron chi connectivity index (χ1n) is 9.58. The minimum Gasteiger partial charge on any atom is -0.492 e. The number of hydrogen-bond acceptors (Lipinski definition) is 6. The summed E-state index contributed by atoms with van der Waals surface area (Å²) in [5.74, 6) is -0.541. The van der Waals surface area contributed by atoms with E-state index in [-0.39, 0.29) is 17.1 Å². The van der Waals surface area contributed by atoms with Crippen molar-refractivity contribution in [2.24, 2.45) is 7.05 Å². The van der Waals surface area contributed by atoms with Crippen LogP contribution in [0.25, 0.3) is 0 Å². The molecule has 0 bridgehead atoms. The van der Waals surface area contributed by atoms with Crippen LogP contribution < -0.4 is 10.1 Å². The van der Waals surface area contributed by atoms with E-state index in [0.29, 0.717) is 30.9 Å². The molecule has 0 unspecified atom stereocenters. The van der Waals surface area contributed by atoms with Crippen molar-refractivity contribution in [1.82, 2.24) is 8.87 Å². The number of anilines is 1. The molecule has 0 saturated carbocycles. The fourth-order valence-electron chi connectivity index (χ4n) is 3.48. The Hall–Kier alpha value is -2.85. The van der Waals surface area contributed by atoms with Crippen LogP contribution in [0.1, 0.15) is 30.3 Å². The molecule has 0 spiro atoms. The van der Waals surface area contributed by atoms with Crippen molar-refractivity contribution in [2.45, 2.75) is 30.7 Å². The van der Waals surface area contributed by atoms with Crippen molar-refractivity contribution in [3.05, 3.63) is 42.2 Å². The number of aromatic nitrogens is 1. The van der Waals surface area contributed by atoms with Gasteiger partial charge in [0.25, 0.3) is 0 Å². The van der Waals surface area contributed by atoms with Crippen molar-refractivity contribution in [3.63, 3.8) is 0 Å². The molecule has 9 nitrogen and oxygen atoms in total. The van der Waals surface area contributed by atoms with Crippen LogP contribution in [0, 0.1) is 0 Å². The molecule has 0 aliphatic carbocycles. The molecule has 1 aliphatic rings. The zero-order chi connectivity index (χ0) is 21.9. The van der Waals surface area contributed by atoms with E-state index in [1.54, 1.807) is 31.3 Å². The van der Waals surface area contributed by atoms with Gasteiger partial charge in [-0.3, -0.25) is 4.79 Å². The minimum atomic E-state index is -3.98. The van der Waals surface area contributed by atoms with Crippen molar-refractivity contribution in [3.8, 4) is 5.75 Å². The van der Waals surface area contributed by atoms with Crippen molar-refractivity contribution in [2.75, 3.05) is 25.6 Å². The molecule has 1 aromatic heterocycles. The van der Waals surface area contributed by atoms with Gasteiger partial charge in [0, 0.05) is 19.8 Å². The predicted molar refractivity (Wildman–Crippen MR) is 110 cm³/mol. The molecular weight excluding hydrogens is 410 g/mol. The van der Waals surface area contributed by atoms with Crippen LogP contribution in [0.15, 0.2) is 41.4 Å². The van der Waals surface area contributed by atoms with Gasteiger partial charge in [0.05, 0.1) is 19.4 Å². The summed E-state index contributed by atoms with van der Waals surface area (Å²) < 4.78 is 39.2. The molecule has 30 heavy (non-hydrogen) atoms. The predicted octanol–water partition coefficient (Wildman–Crippen LogP) is 2.00. The maximum absolute atomic E-state index is 13.2. The van der Waals surface area contributed by atoms with E-state index in [9.17, 15) is 18.0 Å². The lowest BCUT2D eigenvalue weighted by molar-refractivity contribution is -0.119. The Balaban J connectivity index is 1.85. The first-order valence-corrected chi connectivity index (χ1v) is 11.0. The highest BCUT2D eigenvalue weighted by Crippen LogP contribution is 2.30. The summed E-state index contributed by atoms with van der Waals surface area (Å²) in [5, 5.41) is 2.79. The lowest BCUT2D eigenvalue weighted by Gasteiger charge is -2.23. The number of para-hydroxylation sites is 2. The minimum absolute atomic E-state index is 0.0557. The van der Waals surface area contributed by atoms with Gasteiger partial charge in [-0.25, -0.2) is 13.2 Å². The molecule has 2 aromatic rings. The Morgan fingerprint density at radius 2 is 2.00 bits per heavy atom. The lowest BCUT2D eigenvalue weighted by Crippen LogP contribution is -2.43. The first-order chi connectivity index (χ1) is 14.3. The number of ether oxygens (including phenoxy) is 2. The number of nitrogens with zero attached hydrogens (tertiary/aromatic N) is 2. The molecule has 1 atom stereocenters. The number of methoxy groups -OCH3 is 1. The number of aryl methyl sites for hydroxylation is 1. The lowest BCUT2D eigenvalue weighted by atomic mass is 10.2. The highest BCUT2D eigenvalue weighted by atomic mass is 32.2. The van der Waals surface area contributed by atoms with E-state index in [4.69, 9.17) is 4.74 Å². The summed E-state index contributed by atoms with van der Waals surface area (Å²) in [4.78, 5) is 24.7. The normalized spacial score (nSPS) is 17.0. The number of rotatable bonds is 7. The molecule has 1 aliphatic heterocycles. The van der Waals surface area contributed by atoms with E-state index < -0.39 is 27.9 Å². The SMILES string of the molecule is CCOc1ccccc1NC(=O)[C@@H]1CCCN1S(=O)(=O)c1cc(C(=O)OC)n(C)c1. The molecule has 2 heterocycles. The maximum atomic E-state index is 13.2. The topological polar surface area (TPSA) is 107 Å². The molecule has 10 heteroatoms. The van der Waals surface area contributed by atoms with Gasteiger partial charge in [-0.05, 0) is 38.0 Å². The number of esters is 1. The van der Waals surface area contributed by atoms with Gasteiger partial charge in [-0.2, -0.15) is 4.31 Å². The molecule has 162 valence electrons. The van der Waals surface area contributed by atoms with Crippen molar-refractivity contribution < 1.29 is 27.5 Å². The van der Waals surface area contributed by atoms with Crippen LogP contribution in [0.4, 0.5) is 5.69 Å². The fraction of sp³-hybridized carbons (Fsp3) is 0.400. The number of carbonyl (C=O) groups is 2. The number of carbonyl (C=O) groups excluding carboxylic acids is 2. The largest absolute Gasteiger partial charge is 0.492 e. The molecule has 0 radical (unpaired) electrons. The van der Waals surface area contributed by atoms with Gasteiger partial charge in [-0.1, -0.05) is 12.1 Å². The Morgan fingerprint density at radius 3 is 2.70 bits per heavy atom. The van der Waals surface area contributed by atoms with Gasteiger partial charge in [0.2, 0.25) is 15.9 Å². The zero-order valence-electron chi connectivity index (χ0n) is 17.1. The maximum Gasteiger partial charge on any atom is 0.354 e. The summed E-state index contributed by atoms with van der Waals surface area (Å²) in [6.07, 6.45) is 2.30. The Morgan fingerprint density at radius 1 is 1.27 bits per heavy atom. The zero-order valence-corrected chi connectivity index (χ0v) is 17.9. The highest BCUT2D eigenvalue weighted by Gasteiger charge is 2.40. The summed E-state index contributed by atoms with van der Waals surface area (Å²) >= 11 is 0. The third-order valence-electron chi connectivity index (χ3n) is 4.93. The molecular formula is C20H25N3O6S. The van der Waals surface area contributed by atoms with Crippen LogP contribution >= 0.6 is 0 Å². The van der Waals surface area contributed by atoms with E-state index in [0.717, 1.165) is 0 Å². The van der Waals surface area contributed by atoms with Crippen molar-refractivity contribution >= 4 is 27.6 Å². The Kier molecular flexibility index (Phi) is 6.47. The van der Waals surface area contributed by atoms with Crippen LogP contribution in [0.2, 0.25) is 0 Å². The molecule has 3 rings (SSSR count). The second-order valence-corrected chi connectivity index (χ2v) is 8.75. The standard InChI is InChI=1S/C20H25N3O6S/c1-4-29-18-10-6-5-8-15(18)21-19(24)16-9-7-11-23(16)30(26,27)14-12-17(20(25)28-3)22(2)13-14/h5-6,8,10,12-13,16H,4,7,9,11H2,1-3H3,(H,21,24)/t16-/m0/s1. The summed E-state index contributed by atoms with van der Waals surface area (Å²) in [5.41, 5.74) is 0.600. The third-order valence-corrected chi connectivity index (χ3v) is 6.81. The average Bonchev–Trinajstić information content (AvgIpc) is 3.37. The van der Waals surface area contributed by atoms with E-state index >= 15 is 0 Å². The molecule has 1 aromatic carbocycles. The van der Waals surface area contributed by atoms with E-state index in [1.807, 2.05) is 6.92 Å². The number of nitrogens with one attached hydrogen (secondary N) is 1. The number of hydrogen-bond donors (Lipinski definition) is 1. The van der Waals surface area contributed by atoms with Crippen LogP contribution in [-0.4, -0.2) is 55.5 Å². The van der Waals surface area contributed by atoms with Crippen LogP contribution in [-0.2, 0) is 26.6 Å². The fourth-order valence-corrected chi connectivity index (χ4v) is 5.20. The number of amides is 1. The molecule has 1 amide bonds. The monoisotopic (exact) mass is 435 g/mol. The molecule has 1 fully saturated rings. The summed E-state index contributed by atoms with van der Waals surface area (Å²) in [6.45, 7) is 2.50. The second-order valence-electron chi connectivity index (χ2n) is 6.86. The molecule has 1 saturated heterocycles. The van der Waals surface area contributed by atoms with Crippen LogP contribution in [0.5, 0.6) is 5.75 Å². The van der Waals surface area contributed by atoms with Gasteiger partial charge >= 0.3 is 5.97 Å². The van der Waals surface area contributed by atoms with Gasteiger partial charge in [0.1, 0.15) is 22.4 Å². The van der Waals surface area contributed by atoms with Gasteiger partial charge in [-0.15, -0.1) is 0 Å². The van der Waals surface area contributed by atoms with Gasteiger partial charge < -0.3 is 19.4 Å². The number of sulfonamides is 1. The number of benzene rings is 1. The Labute approximate surface area is 175 Å². The average molecular weight is 436 g/mol. The second kappa shape index (κ2) is 8.88. The third kappa shape index (κ3) is 4.19. The summed E-state index contributed by atoms with van der Waals surface area (Å²) in [6, 6.07) is 7.41. The Bertz CT molecular complexity index is 1050. The summed E-state index contributed by atoms with van der Waals surface area (Å²) in [7, 11) is -1.19. The first kappa shape index (κ1) is 21.8. The quantitative estimate of drug-likeness (QED) is 0.667. The van der Waals surface area contributed by atoms with E-state index in [1.165, 1.54) is 28.2 Å². The van der Waals surface area contributed by atoms with E-state index in [2.05, 4.69) is 10.1 Å². The smallest absolute Gasteiger partial charge is 0.354 e. The van der Waals surface area contributed by atoms with Gasteiger partial charge in [0.15, 0.2) is 0 Å². The molecule has 1 N–H and O–H groups in total. The van der Waals surface area contributed by atoms with Crippen LogP contribution in [0.3, 0.4) is 0 Å². The van der Waals surface area contributed by atoms with Crippen molar-refractivity contribution in [1.29, 1.82) is 0 Å². The highest BCUT2D eigenvalue weighted by molar-refractivity contribution is 7.89.